The van der Waals surface area contributed by atoms with E-state index in [9.17, 15) is 4.79 Å². The molecule has 0 saturated carbocycles. The first kappa shape index (κ1) is 19.5. The number of rotatable bonds is 6. The van der Waals surface area contributed by atoms with E-state index in [2.05, 4.69) is 0 Å². The number of hydrogen-bond donors (Lipinski definition) is 0. The van der Waals surface area contributed by atoms with Crippen LogP contribution in [0.25, 0.3) is 0 Å². The fraction of sp³-hybridized carbons (Fsp3) is 0.240. The Balaban J connectivity index is 1.92. The second-order valence-electron chi connectivity index (χ2n) is 7.50. The minimum Gasteiger partial charge on any atom is -0.334 e. The Morgan fingerprint density at radius 2 is 1.17 bits per heavy atom. The van der Waals surface area contributed by atoms with Gasteiger partial charge in [0.05, 0.1) is 0 Å². The molecule has 2 atom stereocenters. The summed E-state index contributed by atoms with van der Waals surface area (Å²) in [5.41, 5.74) is 1.85. The van der Waals surface area contributed by atoms with E-state index in [1.807, 2.05) is 91.0 Å². The first-order valence-corrected chi connectivity index (χ1v) is 9.70. The van der Waals surface area contributed by atoms with Crippen molar-refractivity contribution in [3.63, 3.8) is 0 Å². The summed E-state index contributed by atoms with van der Waals surface area (Å²) in [7, 11) is 0. The standard InChI is InChI=1S/C25H24O4/c1-24(2)27-22(18-26)23(28-24)29-25(19-12-6-3-7-13-19,20-14-8-4-9-15-20)21-16-10-5-11-17-21/h3-18,22-23H,1-2H3/t22-,23+/m1/s1. The molecule has 4 heteroatoms. The Labute approximate surface area is 171 Å². The molecule has 3 aromatic carbocycles. The van der Waals surface area contributed by atoms with Crippen LogP contribution < -0.4 is 0 Å². The summed E-state index contributed by atoms with van der Waals surface area (Å²) in [5.74, 6) is -0.911. The highest BCUT2D eigenvalue weighted by molar-refractivity contribution is 5.57. The maximum atomic E-state index is 11.7. The number of ether oxygens (including phenoxy) is 3. The van der Waals surface area contributed by atoms with Gasteiger partial charge >= 0.3 is 0 Å². The topological polar surface area (TPSA) is 44.8 Å². The zero-order valence-electron chi connectivity index (χ0n) is 16.5. The maximum Gasteiger partial charge on any atom is 0.195 e. The Morgan fingerprint density at radius 3 is 1.55 bits per heavy atom. The predicted molar refractivity (Wildman–Crippen MR) is 110 cm³/mol. The number of carbonyl (C=O) groups is 1. The molecule has 0 amide bonds. The summed E-state index contributed by atoms with van der Waals surface area (Å²) < 4.78 is 18.5. The van der Waals surface area contributed by atoms with Gasteiger partial charge in [-0.15, -0.1) is 0 Å². The lowest BCUT2D eigenvalue weighted by atomic mass is 9.80. The van der Waals surface area contributed by atoms with Gasteiger partial charge in [0, 0.05) is 0 Å². The summed E-state index contributed by atoms with van der Waals surface area (Å²) >= 11 is 0. The van der Waals surface area contributed by atoms with Crippen LogP contribution in [0.1, 0.15) is 30.5 Å². The van der Waals surface area contributed by atoms with Gasteiger partial charge in [-0.25, -0.2) is 0 Å². The molecule has 4 rings (SSSR count). The van der Waals surface area contributed by atoms with E-state index in [-0.39, 0.29) is 0 Å². The fourth-order valence-corrected chi connectivity index (χ4v) is 3.84. The lowest BCUT2D eigenvalue weighted by Gasteiger charge is -2.38. The average molecular weight is 388 g/mol. The maximum absolute atomic E-state index is 11.7. The van der Waals surface area contributed by atoms with Crippen molar-refractivity contribution in [2.75, 3.05) is 0 Å². The van der Waals surface area contributed by atoms with Crippen molar-refractivity contribution in [2.24, 2.45) is 0 Å². The Kier molecular flexibility index (Phi) is 5.33. The van der Waals surface area contributed by atoms with Crippen molar-refractivity contribution in [1.29, 1.82) is 0 Å². The number of carbonyl (C=O) groups excluding carboxylic acids is 1. The average Bonchev–Trinajstić information content (AvgIpc) is 3.07. The van der Waals surface area contributed by atoms with Crippen molar-refractivity contribution >= 4 is 6.29 Å². The quantitative estimate of drug-likeness (QED) is 0.455. The largest absolute Gasteiger partial charge is 0.334 e. The second kappa shape index (κ2) is 7.91. The summed E-state index contributed by atoms with van der Waals surface area (Å²) in [6.07, 6.45) is -0.936. The van der Waals surface area contributed by atoms with Crippen LogP contribution in [0.4, 0.5) is 0 Å². The third-order valence-electron chi connectivity index (χ3n) is 5.06. The lowest BCUT2D eigenvalue weighted by molar-refractivity contribution is -0.216. The molecule has 3 aromatic rings. The molecule has 29 heavy (non-hydrogen) atoms. The van der Waals surface area contributed by atoms with Gasteiger partial charge < -0.3 is 19.0 Å². The molecule has 0 N–H and O–H groups in total. The van der Waals surface area contributed by atoms with Gasteiger partial charge in [0.25, 0.3) is 0 Å². The van der Waals surface area contributed by atoms with Crippen LogP contribution >= 0.6 is 0 Å². The van der Waals surface area contributed by atoms with Crippen LogP contribution in [-0.4, -0.2) is 24.5 Å². The van der Waals surface area contributed by atoms with Crippen LogP contribution in [-0.2, 0) is 24.6 Å². The van der Waals surface area contributed by atoms with Crippen molar-refractivity contribution in [2.45, 2.75) is 37.6 Å². The molecule has 1 aliphatic heterocycles. The minimum absolute atomic E-state index is 0.741. The number of aldehydes is 1. The van der Waals surface area contributed by atoms with Crippen LogP contribution in [0, 0.1) is 0 Å². The Bertz CT molecular complexity index is 842. The van der Waals surface area contributed by atoms with Gasteiger partial charge in [-0.05, 0) is 30.5 Å². The summed E-state index contributed by atoms with van der Waals surface area (Å²) in [4.78, 5) is 11.7. The van der Waals surface area contributed by atoms with Gasteiger partial charge in [0.2, 0.25) is 0 Å². The molecule has 148 valence electrons. The second-order valence-corrected chi connectivity index (χ2v) is 7.50. The fourth-order valence-electron chi connectivity index (χ4n) is 3.84. The van der Waals surface area contributed by atoms with E-state index in [4.69, 9.17) is 14.2 Å². The summed E-state index contributed by atoms with van der Waals surface area (Å²) in [6, 6.07) is 29.9. The van der Waals surface area contributed by atoms with E-state index in [0.29, 0.717) is 0 Å². The summed E-state index contributed by atoms with van der Waals surface area (Å²) in [5, 5.41) is 0. The Hall–Kier alpha value is -2.79. The molecular formula is C25H24O4. The zero-order valence-corrected chi connectivity index (χ0v) is 16.5. The number of benzene rings is 3. The van der Waals surface area contributed by atoms with E-state index >= 15 is 0 Å². The third kappa shape index (κ3) is 3.75. The van der Waals surface area contributed by atoms with Crippen molar-refractivity contribution in [3.8, 4) is 0 Å². The van der Waals surface area contributed by atoms with Gasteiger partial charge in [-0.2, -0.15) is 0 Å². The van der Waals surface area contributed by atoms with Gasteiger partial charge in [-0.1, -0.05) is 91.0 Å². The zero-order chi connectivity index (χ0) is 20.3. The molecule has 1 aliphatic rings. The van der Waals surface area contributed by atoms with Crippen molar-refractivity contribution in [1.82, 2.24) is 0 Å². The first-order chi connectivity index (χ1) is 14.0. The van der Waals surface area contributed by atoms with E-state index in [1.54, 1.807) is 13.8 Å². The molecule has 0 unspecified atom stereocenters. The van der Waals surface area contributed by atoms with E-state index < -0.39 is 23.8 Å². The van der Waals surface area contributed by atoms with Gasteiger partial charge in [0.1, 0.15) is 5.60 Å². The molecular weight excluding hydrogens is 364 g/mol. The SMILES string of the molecule is CC1(C)O[C@@H](OC(c2ccccc2)(c2ccccc2)c2ccccc2)[C@@H](C=O)O1. The molecule has 1 fully saturated rings. The normalized spacial score (nSPS) is 21.0. The molecule has 0 radical (unpaired) electrons. The molecule has 0 aromatic heterocycles. The smallest absolute Gasteiger partial charge is 0.195 e. The van der Waals surface area contributed by atoms with Crippen LogP contribution in [0.2, 0.25) is 0 Å². The molecule has 0 aliphatic carbocycles. The molecule has 0 spiro atoms. The monoisotopic (exact) mass is 388 g/mol. The first-order valence-electron chi connectivity index (χ1n) is 9.70. The summed E-state index contributed by atoms with van der Waals surface area (Å²) in [6.45, 7) is 3.56. The lowest BCUT2D eigenvalue weighted by Crippen LogP contribution is -2.41. The molecule has 0 bridgehead atoms. The third-order valence-corrected chi connectivity index (χ3v) is 5.06. The van der Waals surface area contributed by atoms with Gasteiger partial charge in [0.15, 0.2) is 24.5 Å². The minimum atomic E-state index is -0.973. The van der Waals surface area contributed by atoms with E-state index in [0.717, 1.165) is 23.0 Å². The van der Waals surface area contributed by atoms with Crippen molar-refractivity contribution in [3.05, 3.63) is 108 Å². The molecule has 1 heterocycles. The highest BCUT2D eigenvalue weighted by Crippen LogP contribution is 2.43. The molecule has 1 saturated heterocycles. The van der Waals surface area contributed by atoms with Crippen LogP contribution in [0.5, 0.6) is 0 Å². The van der Waals surface area contributed by atoms with Crippen LogP contribution in [0.15, 0.2) is 91.0 Å². The Morgan fingerprint density at radius 1 is 0.759 bits per heavy atom. The highest BCUT2D eigenvalue weighted by Gasteiger charge is 2.48. The van der Waals surface area contributed by atoms with E-state index in [1.165, 1.54) is 0 Å². The van der Waals surface area contributed by atoms with Gasteiger partial charge in [-0.3, -0.25) is 0 Å². The number of hydrogen-bond acceptors (Lipinski definition) is 4. The predicted octanol–water partition coefficient (Wildman–Crippen LogP) is 4.67. The molecule has 4 nitrogen and oxygen atoms in total. The van der Waals surface area contributed by atoms with Crippen molar-refractivity contribution < 1.29 is 19.0 Å². The highest BCUT2D eigenvalue weighted by atomic mass is 16.8. The van der Waals surface area contributed by atoms with Crippen LogP contribution in [0.3, 0.4) is 0 Å².